The Bertz CT molecular complexity index is 680. The SMILES string of the molecule is CCN(Cc1ccccc1)C(=O)CCCC(=O)c1ccc(OC)cc1. The van der Waals surface area contributed by atoms with Crippen molar-refractivity contribution < 1.29 is 14.3 Å². The molecule has 4 nitrogen and oxygen atoms in total. The topological polar surface area (TPSA) is 46.6 Å². The van der Waals surface area contributed by atoms with Crippen molar-refractivity contribution >= 4 is 11.7 Å². The number of carbonyl (C=O) groups excluding carboxylic acids is 2. The Morgan fingerprint density at radius 1 is 0.960 bits per heavy atom. The van der Waals surface area contributed by atoms with E-state index in [4.69, 9.17) is 4.74 Å². The standard InChI is InChI=1S/C21H25NO3/c1-3-22(16-17-8-5-4-6-9-17)21(24)11-7-10-20(23)18-12-14-19(25-2)15-13-18/h4-6,8-9,12-15H,3,7,10-11,16H2,1-2H3. The molecule has 0 aliphatic heterocycles. The molecule has 0 atom stereocenters. The Hall–Kier alpha value is -2.62. The number of amides is 1. The molecule has 0 aromatic heterocycles. The second-order valence-electron chi connectivity index (χ2n) is 5.90. The second-order valence-corrected chi connectivity index (χ2v) is 5.90. The first-order valence-electron chi connectivity index (χ1n) is 8.63. The van der Waals surface area contributed by atoms with Crippen molar-refractivity contribution in [3.63, 3.8) is 0 Å². The van der Waals surface area contributed by atoms with E-state index in [1.165, 1.54) is 0 Å². The fraction of sp³-hybridized carbons (Fsp3) is 0.333. The van der Waals surface area contributed by atoms with Gasteiger partial charge in [0, 0.05) is 31.5 Å². The first-order valence-corrected chi connectivity index (χ1v) is 8.63. The molecule has 2 aromatic carbocycles. The number of Topliss-reactive ketones (excluding diaryl/α,β-unsaturated/α-hetero) is 1. The molecule has 0 fully saturated rings. The van der Waals surface area contributed by atoms with Gasteiger partial charge in [-0.05, 0) is 43.2 Å². The zero-order chi connectivity index (χ0) is 18.1. The molecule has 0 aliphatic rings. The van der Waals surface area contributed by atoms with E-state index < -0.39 is 0 Å². The van der Waals surface area contributed by atoms with Crippen molar-refractivity contribution in [1.29, 1.82) is 0 Å². The lowest BCUT2D eigenvalue weighted by Crippen LogP contribution is -2.30. The van der Waals surface area contributed by atoms with Crippen molar-refractivity contribution in [2.75, 3.05) is 13.7 Å². The Labute approximate surface area is 149 Å². The highest BCUT2D eigenvalue weighted by Gasteiger charge is 2.13. The van der Waals surface area contributed by atoms with E-state index in [1.807, 2.05) is 42.2 Å². The summed E-state index contributed by atoms with van der Waals surface area (Å²) in [7, 11) is 1.59. The Balaban J connectivity index is 1.80. The Morgan fingerprint density at radius 3 is 2.24 bits per heavy atom. The number of hydrogen-bond acceptors (Lipinski definition) is 3. The van der Waals surface area contributed by atoms with Crippen LogP contribution in [0, 0.1) is 0 Å². The average molecular weight is 339 g/mol. The lowest BCUT2D eigenvalue weighted by Gasteiger charge is -2.21. The molecule has 2 aromatic rings. The molecule has 0 aliphatic carbocycles. The van der Waals surface area contributed by atoms with Crippen molar-refractivity contribution in [3.05, 3.63) is 65.7 Å². The number of ketones is 1. The fourth-order valence-corrected chi connectivity index (χ4v) is 2.66. The highest BCUT2D eigenvalue weighted by Crippen LogP contribution is 2.14. The van der Waals surface area contributed by atoms with E-state index in [0.29, 0.717) is 37.9 Å². The number of carbonyl (C=O) groups is 2. The third kappa shape index (κ3) is 5.75. The summed E-state index contributed by atoms with van der Waals surface area (Å²) in [6.07, 6.45) is 1.33. The number of ether oxygens (including phenoxy) is 1. The van der Waals surface area contributed by atoms with Crippen molar-refractivity contribution in [1.82, 2.24) is 4.90 Å². The first kappa shape index (κ1) is 18.7. The maximum atomic E-state index is 12.4. The molecule has 4 heteroatoms. The molecule has 0 bridgehead atoms. The zero-order valence-electron chi connectivity index (χ0n) is 14.9. The lowest BCUT2D eigenvalue weighted by molar-refractivity contribution is -0.131. The summed E-state index contributed by atoms with van der Waals surface area (Å²) in [6.45, 7) is 3.26. The van der Waals surface area contributed by atoms with Gasteiger partial charge in [-0.2, -0.15) is 0 Å². The highest BCUT2D eigenvalue weighted by molar-refractivity contribution is 5.96. The molecule has 0 saturated heterocycles. The van der Waals surface area contributed by atoms with Gasteiger partial charge in [0.15, 0.2) is 5.78 Å². The minimum atomic E-state index is 0.0570. The smallest absolute Gasteiger partial charge is 0.222 e. The van der Waals surface area contributed by atoms with Crippen LogP contribution in [0.4, 0.5) is 0 Å². The maximum Gasteiger partial charge on any atom is 0.222 e. The molecule has 0 spiro atoms. The summed E-state index contributed by atoms with van der Waals surface area (Å²) in [5.41, 5.74) is 1.77. The summed E-state index contributed by atoms with van der Waals surface area (Å²) in [6, 6.07) is 17.0. The van der Waals surface area contributed by atoms with E-state index in [0.717, 1.165) is 11.3 Å². The molecule has 0 radical (unpaired) electrons. The van der Waals surface area contributed by atoms with Gasteiger partial charge in [0.05, 0.1) is 7.11 Å². The van der Waals surface area contributed by atoms with Gasteiger partial charge in [-0.3, -0.25) is 9.59 Å². The monoisotopic (exact) mass is 339 g/mol. The van der Waals surface area contributed by atoms with Crippen LogP contribution in [-0.4, -0.2) is 30.2 Å². The largest absolute Gasteiger partial charge is 0.497 e. The lowest BCUT2D eigenvalue weighted by atomic mass is 10.0. The number of rotatable bonds is 9. The van der Waals surface area contributed by atoms with Gasteiger partial charge in [0.2, 0.25) is 5.91 Å². The summed E-state index contributed by atoms with van der Waals surface area (Å²) in [4.78, 5) is 26.4. The molecule has 0 unspecified atom stereocenters. The van der Waals surface area contributed by atoms with Crippen molar-refractivity contribution in [3.8, 4) is 5.75 Å². The van der Waals surface area contributed by atoms with Crippen LogP contribution in [-0.2, 0) is 11.3 Å². The van der Waals surface area contributed by atoms with Gasteiger partial charge in [0.25, 0.3) is 0 Å². The van der Waals surface area contributed by atoms with E-state index in [9.17, 15) is 9.59 Å². The van der Waals surface area contributed by atoms with Crippen LogP contribution in [0.2, 0.25) is 0 Å². The molecule has 0 saturated carbocycles. The molecule has 0 heterocycles. The van der Waals surface area contributed by atoms with E-state index >= 15 is 0 Å². The molecule has 132 valence electrons. The number of methoxy groups -OCH3 is 1. The van der Waals surface area contributed by atoms with E-state index in [-0.39, 0.29) is 11.7 Å². The minimum Gasteiger partial charge on any atom is -0.497 e. The van der Waals surface area contributed by atoms with Crippen LogP contribution in [0.1, 0.15) is 42.1 Å². The van der Waals surface area contributed by atoms with E-state index in [1.54, 1.807) is 31.4 Å². The number of benzene rings is 2. The number of hydrogen-bond donors (Lipinski definition) is 0. The third-order valence-electron chi connectivity index (χ3n) is 4.16. The molecule has 1 amide bonds. The molecular weight excluding hydrogens is 314 g/mol. The fourth-order valence-electron chi connectivity index (χ4n) is 2.66. The van der Waals surface area contributed by atoms with Crippen molar-refractivity contribution in [2.45, 2.75) is 32.7 Å². The van der Waals surface area contributed by atoms with Gasteiger partial charge in [-0.15, -0.1) is 0 Å². The van der Waals surface area contributed by atoms with Crippen LogP contribution in [0.5, 0.6) is 5.75 Å². The van der Waals surface area contributed by atoms with Crippen LogP contribution >= 0.6 is 0 Å². The minimum absolute atomic E-state index is 0.0570. The van der Waals surface area contributed by atoms with Gasteiger partial charge < -0.3 is 9.64 Å². The predicted octanol–water partition coefficient (Wildman–Crippen LogP) is 4.10. The predicted molar refractivity (Wildman–Crippen MR) is 98.7 cm³/mol. The van der Waals surface area contributed by atoms with Gasteiger partial charge in [-0.1, -0.05) is 30.3 Å². The van der Waals surface area contributed by atoms with Gasteiger partial charge in [-0.25, -0.2) is 0 Å². The van der Waals surface area contributed by atoms with E-state index in [2.05, 4.69) is 0 Å². The second kappa shape index (κ2) is 9.62. The normalized spacial score (nSPS) is 10.3. The highest BCUT2D eigenvalue weighted by atomic mass is 16.5. The van der Waals surface area contributed by atoms with Crippen LogP contribution in [0.25, 0.3) is 0 Å². The van der Waals surface area contributed by atoms with Crippen LogP contribution in [0.15, 0.2) is 54.6 Å². The molecule has 0 N–H and O–H groups in total. The third-order valence-corrected chi connectivity index (χ3v) is 4.16. The summed E-state index contributed by atoms with van der Waals surface area (Å²) in [5.74, 6) is 0.877. The summed E-state index contributed by atoms with van der Waals surface area (Å²) >= 11 is 0. The molecular formula is C21H25NO3. The summed E-state index contributed by atoms with van der Waals surface area (Å²) < 4.78 is 5.09. The van der Waals surface area contributed by atoms with Crippen LogP contribution in [0.3, 0.4) is 0 Å². The first-order chi connectivity index (χ1) is 12.1. The quantitative estimate of drug-likeness (QED) is 0.646. The number of nitrogens with zero attached hydrogens (tertiary/aromatic N) is 1. The molecule has 25 heavy (non-hydrogen) atoms. The van der Waals surface area contributed by atoms with Gasteiger partial charge >= 0.3 is 0 Å². The maximum absolute atomic E-state index is 12.4. The summed E-state index contributed by atoms with van der Waals surface area (Å²) in [5, 5.41) is 0. The zero-order valence-corrected chi connectivity index (χ0v) is 14.9. The Kier molecular flexibility index (Phi) is 7.20. The van der Waals surface area contributed by atoms with Gasteiger partial charge in [0.1, 0.15) is 5.75 Å². The van der Waals surface area contributed by atoms with Crippen LogP contribution < -0.4 is 4.74 Å². The Morgan fingerprint density at radius 2 is 1.64 bits per heavy atom. The average Bonchev–Trinajstić information content (AvgIpc) is 2.66. The molecule has 2 rings (SSSR count). The van der Waals surface area contributed by atoms with Crippen molar-refractivity contribution in [2.24, 2.45) is 0 Å².